The van der Waals surface area contributed by atoms with Crippen molar-refractivity contribution >= 4 is 44.6 Å². The zero-order valence-corrected chi connectivity index (χ0v) is 28.1. The molecule has 0 nitrogen and oxygen atoms in total. The number of benzene rings is 8. The second-order valence-corrected chi connectivity index (χ2v) is 14.6. The number of rotatable bonds is 6. The zero-order valence-electron chi connectivity index (χ0n) is 26.4. The number of hydrogen-bond donors (Lipinski definition) is 0. The van der Waals surface area contributed by atoms with Crippen LogP contribution in [-0.2, 0) is 0 Å². The van der Waals surface area contributed by atoms with Gasteiger partial charge >= 0.3 is 241 Å². The molecule has 1 atom stereocenters. The summed E-state index contributed by atoms with van der Waals surface area (Å²) in [5, 5.41) is 5.49. The van der Waals surface area contributed by atoms with E-state index in [1.807, 2.05) is 0 Å². The Morgan fingerprint density at radius 1 is 0.354 bits per heavy atom. The molecular formula is C47H32Se. The molecule has 0 amide bonds. The summed E-state index contributed by atoms with van der Waals surface area (Å²) >= 11 is 0.301. The minimum absolute atomic E-state index is 0.0846. The van der Waals surface area contributed by atoms with E-state index in [1.54, 1.807) is 0 Å². The van der Waals surface area contributed by atoms with E-state index < -0.39 is 0 Å². The smallest absolute Gasteiger partial charge is 0.0617 e. The Bertz CT molecular complexity index is 2540. The summed E-state index contributed by atoms with van der Waals surface area (Å²) in [6, 6.07) is 69.3. The van der Waals surface area contributed by atoms with Gasteiger partial charge in [0.2, 0.25) is 0 Å². The first-order valence-corrected chi connectivity index (χ1v) is 18.3. The first-order valence-electron chi connectivity index (χ1n) is 16.5. The summed E-state index contributed by atoms with van der Waals surface area (Å²) in [4.78, 5) is 0. The van der Waals surface area contributed by atoms with Crippen LogP contribution < -0.4 is 0 Å². The fourth-order valence-electron chi connectivity index (χ4n) is 7.33. The van der Waals surface area contributed by atoms with E-state index in [0.29, 0.717) is 14.5 Å². The predicted molar refractivity (Wildman–Crippen MR) is 206 cm³/mol. The molecule has 0 saturated carbocycles. The third-order valence-corrected chi connectivity index (χ3v) is 12.2. The van der Waals surface area contributed by atoms with E-state index in [9.17, 15) is 0 Å². The van der Waals surface area contributed by atoms with E-state index in [4.69, 9.17) is 0 Å². The molecule has 8 aromatic carbocycles. The maximum absolute atomic E-state index is 2.44. The Labute approximate surface area is 287 Å². The van der Waals surface area contributed by atoms with Gasteiger partial charge in [-0.3, -0.25) is 0 Å². The van der Waals surface area contributed by atoms with Crippen molar-refractivity contribution in [2.45, 2.75) is 5.92 Å². The van der Waals surface area contributed by atoms with Gasteiger partial charge in [-0.05, 0) is 11.1 Å². The van der Waals surface area contributed by atoms with E-state index in [-0.39, 0.29) is 5.92 Å². The van der Waals surface area contributed by atoms with Gasteiger partial charge in [-0.25, -0.2) is 0 Å². The fourth-order valence-corrected chi connectivity index (χ4v) is 9.91. The summed E-state index contributed by atoms with van der Waals surface area (Å²) < 4.78 is 2.99. The van der Waals surface area contributed by atoms with Crippen LogP contribution in [0.3, 0.4) is 0 Å². The Kier molecular flexibility index (Phi) is 7.36. The van der Waals surface area contributed by atoms with Crippen LogP contribution in [0.5, 0.6) is 0 Å². The van der Waals surface area contributed by atoms with Crippen LogP contribution in [0.25, 0.3) is 63.4 Å². The minimum Gasteiger partial charge on any atom is -0.0617 e. The van der Waals surface area contributed by atoms with Gasteiger partial charge in [0.25, 0.3) is 0 Å². The number of fused-ring (bicyclic) bond motifs is 5. The van der Waals surface area contributed by atoms with Gasteiger partial charge < -0.3 is 0 Å². The molecule has 0 spiro atoms. The van der Waals surface area contributed by atoms with E-state index in [0.717, 1.165) is 0 Å². The topological polar surface area (TPSA) is 0 Å². The molecule has 0 fully saturated rings. The van der Waals surface area contributed by atoms with Gasteiger partial charge in [-0.1, -0.05) is 36.4 Å². The van der Waals surface area contributed by atoms with Gasteiger partial charge in [-0.2, -0.15) is 0 Å². The summed E-state index contributed by atoms with van der Waals surface area (Å²) in [7, 11) is 0. The Morgan fingerprint density at radius 3 is 1.75 bits per heavy atom. The first kappa shape index (κ1) is 28.7. The standard InChI is InChI=1S/C47H32Se/c1-3-13-32(14-4-1)33-23-26-36(27-24-33)46(35-15-5-2-6-16-35)42-21-10-9-19-40(42)39-18-8-7-17-38(39)37-28-25-34-29-30-43-41-20-11-12-22-45(41)48-47(43)44(34)31-37/h1-31,46H. The second kappa shape index (κ2) is 12.3. The van der Waals surface area contributed by atoms with Crippen LogP contribution >= 0.6 is 0 Å². The van der Waals surface area contributed by atoms with Gasteiger partial charge in [0.05, 0.1) is 0 Å². The van der Waals surface area contributed by atoms with Crippen LogP contribution in [0.4, 0.5) is 0 Å². The maximum atomic E-state index is 2.44. The molecule has 9 rings (SSSR count). The van der Waals surface area contributed by atoms with Crippen molar-refractivity contribution in [1.82, 2.24) is 0 Å². The van der Waals surface area contributed by atoms with Crippen molar-refractivity contribution in [3.05, 3.63) is 205 Å². The third kappa shape index (κ3) is 5.09. The normalized spacial score (nSPS) is 12.1. The molecule has 0 saturated heterocycles. The van der Waals surface area contributed by atoms with Gasteiger partial charge in [0.15, 0.2) is 0 Å². The van der Waals surface area contributed by atoms with Crippen molar-refractivity contribution < 1.29 is 0 Å². The van der Waals surface area contributed by atoms with Crippen LogP contribution in [0.1, 0.15) is 22.6 Å². The Hall–Kier alpha value is -5.46. The molecule has 0 radical (unpaired) electrons. The van der Waals surface area contributed by atoms with Crippen LogP contribution in [0.15, 0.2) is 188 Å². The van der Waals surface area contributed by atoms with E-state index in [1.165, 1.54) is 80.1 Å². The predicted octanol–water partition coefficient (Wildman–Crippen LogP) is 12.4. The van der Waals surface area contributed by atoms with Crippen molar-refractivity contribution in [3.63, 3.8) is 0 Å². The second-order valence-electron chi connectivity index (χ2n) is 12.4. The molecule has 48 heavy (non-hydrogen) atoms. The van der Waals surface area contributed by atoms with Crippen molar-refractivity contribution in [1.29, 1.82) is 0 Å². The summed E-state index contributed by atoms with van der Waals surface area (Å²) in [6.07, 6.45) is 0. The molecule has 9 aromatic rings. The van der Waals surface area contributed by atoms with Gasteiger partial charge in [-0.15, -0.1) is 0 Å². The Balaban J connectivity index is 1.20. The van der Waals surface area contributed by atoms with Crippen molar-refractivity contribution in [2.75, 3.05) is 0 Å². The first-order chi connectivity index (χ1) is 23.8. The van der Waals surface area contributed by atoms with Crippen LogP contribution in [-0.4, -0.2) is 14.5 Å². The summed E-state index contributed by atoms with van der Waals surface area (Å²) in [6.45, 7) is 0. The van der Waals surface area contributed by atoms with Gasteiger partial charge in [0, 0.05) is 0 Å². The SMILES string of the molecule is c1ccc(-c2ccc(C(c3ccccc3)c3ccccc3-c3ccccc3-c3ccc4ccc5c6ccccc6[se]c5c4c3)cc2)cc1. The van der Waals surface area contributed by atoms with Gasteiger partial charge in [0.1, 0.15) is 0 Å². The molecule has 1 aromatic heterocycles. The van der Waals surface area contributed by atoms with E-state index >= 15 is 0 Å². The molecule has 0 aliphatic heterocycles. The monoisotopic (exact) mass is 676 g/mol. The summed E-state index contributed by atoms with van der Waals surface area (Å²) in [5.74, 6) is 0.0846. The Morgan fingerprint density at radius 2 is 0.938 bits per heavy atom. The third-order valence-electron chi connectivity index (χ3n) is 9.65. The molecule has 226 valence electrons. The minimum atomic E-state index is 0.0846. The molecule has 1 heteroatoms. The average Bonchev–Trinajstić information content (AvgIpc) is 3.56. The molecule has 1 unspecified atom stereocenters. The fraction of sp³-hybridized carbons (Fsp3) is 0.0213. The van der Waals surface area contributed by atoms with Crippen molar-refractivity contribution in [3.8, 4) is 33.4 Å². The van der Waals surface area contributed by atoms with E-state index in [2.05, 4.69) is 188 Å². The zero-order chi connectivity index (χ0) is 31.9. The quantitative estimate of drug-likeness (QED) is 0.122. The molecule has 0 aliphatic carbocycles. The number of hydrogen-bond acceptors (Lipinski definition) is 0. The molecule has 0 aliphatic rings. The van der Waals surface area contributed by atoms with Crippen molar-refractivity contribution in [2.24, 2.45) is 0 Å². The molecule has 0 bridgehead atoms. The summed E-state index contributed by atoms with van der Waals surface area (Å²) in [5.41, 5.74) is 11.4. The molecular weight excluding hydrogens is 643 g/mol. The van der Waals surface area contributed by atoms with Crippen LogP contribution in [0, 0.1) is 0 Å². The average molecular weight is 676 g/mol. The molecule has 1 heterocycles. The molecule has 0 N–H and O–H groups in total. The van der Waals surface area contributed by atoms with Crippen LogP contribution in [0.2, 0.25) is 0 Å².